The van der Waals surface area contributed by atoms with Gasteiger partial charge < -0.3 is 21.1 Å². The lowest BCUT2D eigenvalue weighted by molar-refractivity contribution is 0.179. The molecule has 0 spiro atoms. The standard InChI is InChI=1S/C24H29Cl2FN6O/c1-15(22-19(25)3-4-20(27)23(22)26)34-21-11-16(12-30-24(21)29)17-13-31-33(14-17)18-5-9-32(10-6-18)8-2-7-28/h3-4,11-15,18H,2,5-10,28H2,1H3,(H2,29,30)/t15-/m0/s1. The van der Waals surface area contributed by atoms with E-state index in [0.717, 1.165) is 56.6 Å². The first-order valence-electron chi connectivity index (χ1n) is 11.4. The van der Waals surface area contributed by atoms with E-state index in [4.69, 9.17) is 39.4 Å². The van der Waals surface area contributed by atoms with Crippen LogP contribution in [-0.2, 0) is 0 Å². The maximum atomic E-state index is 14.0. The van der Waals surface area contributed by atoms with E-state index in [1.54, 1.807) is 19.2 Å². The maximum absolute atomic E-state index is 14.0. The molecule has 0 radical (unpaired) electrons. The Labute approximate surface area is 208 Å². The van der Waals surface area contributed by atoms with E-state index in [1.807, 2.05) is 17.1 Å². The van der Waals surface area contributed by atoms with Gasteiger partial charge in [0.15, 0.2) is 11.6 Å². The highest BCUT2D eigenvalue weighted by molar-refractivity contribution is 6.36. The average Bonchev–Trinajstić information content (AvgIpc) is 3.32. The largest absolute Gasteiger partial charge is 0.482 e. The molecule has 1 aliphatic heterocycles. The molecule has 10 heteroatoms. The SMILES string of the molecule is C[C@H](Oc1cc(-c2cnn(C3CCN(CCCN)CC3)c2)cnc1N)c1c(Cl)ccc(F)c1Cl. The minimum atomic E-state index is -0.637. The van der Waals surface area contributed by atoms with Crippen LogP contribution < -0.4 is 16.2 Å². The number of piperidine rings is 1. The number of benzene rings is 1. The van der Waals surface area contributed by atoms with Gasteiger partial charge in [-0.3, -0.25) is 4.68 Å². The fourth-order valence-corrected chi connectivity index (χ4v) is 4.96. The molecule has 1 aliphatic rings. The zero-order valence-corrected chi connectivity index (χ0v) is 20.6. The fraction of sp³-hybridized carbons (Fsp3) is 0.417. The quantitative estimate of drug-likeness (QED) is 0.412. The number of halogens is 3. The van der Waals surface area contributed by atoms with Crippen LogP contribution in [0, 0.1) is 5.82 Å². The van der Waals surface area contributed by atoms with Crippen molar-refractivity contribution in [2.75, 3.05) is 31.9 Å². The molecule has 4 N–H and O–H groups in total. The third-order valence-corrected chi connectivity index (χ3v) is 6.93. The van der Waals surface area contributed by atoms with E-state index in [2.05, 4.69) is 15.0 Å². The van der Waals surface area contributed by atoms with E-state index in [9.17, 15) is 4.39 Å². The molecule has 4 rings (SSSR count). The van der Waals surface area contributed by atoms with Crippen molar-refractivity contribution in [2.45, 2.75) is 38.3 Å². The molecule has 182 valence electrons. The number of aromatic nitrogens is 3. The van der Waals surface area contributed by atoms with Crippen LogP contribution in [0.25, 0.3) is 11.1 Å². The van der Waals surface area contributed by atoms with Crippen molar-refractivity contribution in [3.63, 3.8) is 0 Å². The van der Waals surface area contributed by atoms with Gasteiger partial charge in [-0.25, -0.2) is 9.37 Å². The molecule has 0 aliphatic carbocycles. The number of rotatable bonds is 8. The van der Waals surface area contributed by atoms with Crippen molar-refractivity contribution >= 4 is 29.0 Å². The predicted molar refractivity (Wildman–Crippen MR) is 134 cm³/mol. The van der Waals surface area contributed by atoms with Gasteiger partial charge in [0.2, 0.25) is 0 Å². The van der Waals surface area contributed by atoms with Gasteiger partial charge in [0, 0.05) is 47.2 Å². The summed E-state index contributed by atoms with van der Waals surface area (Å²) in [6.07, 6.45) is 8.02. The lowest BCUT2D eigenvalue weighted by Crippen LogP contribution is -2.36. The number of nitrogens with zero attached hydrogens (tertiary/aromatic N) is 4. The number of hydrogen-bond acceptors (Lipinski definition) is 6. The average molecular weight is 507 g/mol. The predicted octanol–water partition coefficient (Wildman–Crippen LogP) is 5.10. The smallest absolute Gasteiger partial charge is 0.166 e. The molecule has 1 aromatic carbocycles. The highest BCUT2D eigenvalue weighted by atomic mass is 35.5. The van der Waals surface area contributed by atoms with E-state index in [1.165, 1.54) is 12.1 Å². The Bertz CT molecular complexity index is 1130. The van der Waals surface area contributed by atoms with Crippen LogP contribution in [0.1, 0.15) is 43.9 Å². The summed E-state index contributed by atoms with van der Waals surface area (Å²) in [6, 6.07) is 4.83. The fourth-order valence-electron chi connectivity index (χ4n) is 4.28. The number of pyridine rings is 1. The Balaban J connectivity index is 1.48. The summed E-state index contributed by atoms with van der Waals surface area (Å²) in [4.78, 5) is 6.74. The lowest BCUT2D eigenvalue weighted by atomic mass is 10.0. The molecule has 1 atom stereocenters. The molecule has 0 saturated carbocycles. The van der Waals surface area contributed by atoms with Gasteiger partial charge in [0.25, 0.3) is 0 Å². The van der Waals surface area contributed by atoms with Crippen molar-refractivity contribution in [1.82, 2.24) is 19.7 Å². The summed E-state index contributed by atoms with van der Waals surface area (Å²) < 4.78 is 22.0. The first-order valence-corrected chi connectivity index (χ1v) is 12.2. The van der Waals surface area contributed by atoms with Crippen LogP contribution in [0.2, 0.25) is 10.0 Å². The first kappa shape index (κ1) is 24.7. The second-order valence-corrected chi connectivity index (χ2v) is 9.33. The summed E-state index contributed by atoms with van der Waals surface area (Å²) in [7, 11) is 0. The Kier molecular flexibility index (Phi) is 7.93. The van der Waals surface area contributed by atoms with Gasteiger partial charge in [-0.15, -0.1) is 0 Å². The molecule has 3 aromatic rings. The minimum Gasteiger partial charge on any atom is -0.482 e. The van der Waals surface area contributed by atoms with Crippen molar-refractivity contribution in [2.24, 2.45) is 5.73 Å². The van der Waals surface area contributed by atoms with Crippen LogP contribution >= 0.6 is 23.2 Å². The summed E-state index contributed by atoms with van der Waals surface area (Å²) >= 11 is 12.4. The molecule has 2 aromatic heterocycles. The van der Waals surface area contributed by atoms with Gasteiger partial charge in [-0.2, -0.15) is 5.10 Å². The number of hydrogen-bond donors (Lipinski definition) is 2. The van der Waals surface area contributed by atoms with Crippen LogP contribution in [-0.4, -0.2) is 45.8 Å². The summed E-state index contributed by atoms with van der Waals surface area (Å²) in [5.74, 6) is 0.0211. The van der Waals surface area contributed by atoms with Crippen molar-refractivity contribution < 1.29 is 9.13 Å². The zero-order chi connectivity index (χ0) is 24.2. The second-order valence-electron chi connectivity index (χ2n) is 8.55. The van der Waals surface area contributed by atoms with Crippen LogP contribution in [0.15, 0.2) is 36.8 Å². The van der Waals surface area contributed by atoms with Gasteiger partial charge >= 0.3 is 0 Å². The molecular formula is C24H29Cl2FN6O. The van der Waals surface area contributed by atoms with Gasteiger partial charge in [0.1, 0.15) is 11.9 Å². The Morgan fingerprint density at radius 3 is 2.71 bits per heavy atom. The summed E-state index contributed by atoms with van der Waals surface area (Å²) in [5, 5.41) is 4.84. The van der Waals surface area contributed by atoms with Crippen LogP contribution in [0.5, 0.6) is 5.75 Å². The lowest BCUT2D eigenvalue weighted by Gasteiger charge is -2.31. The number of ether oxygens (including phenoxy) is 1. The normalized spacial score (nSPS) is 16.0. The minimum absolute atomic E-state index is 0.0713. The van der Waals surface area contributed by atoms with E-state index in [0.29, 0.717) is 22.4 Å². The second kappa shape index (κ2) is 10.9. The van der Waals surface area contributed by atoms with Gasteiger partial charge in [0.05, 0.1) is 17.3 Å². The molecule has 0 bridgehead atoms. The summed E-state index contributed by atoms with van der Waals surface area (Å²) in [5.41, 5.74) is 13.8. The van der Waals surface area contributed by atoms with Crippen LogP contribution in [0.3, 0.4) is 0 Å². The molecule has 7 nitrogen and oxygen atoms in total. The molecular weight excluding hydrogens is 478 g/mol. The zero-order valence-electron chi connectivity index (χ0n) is 19.1. The first-order chi connectivity index (χ1) is 16.4. The van der Waals surface area contributed by atoms with Crippen molar-refractivity contribution in [3.05, 3.63) is 58.2 Å². The molecule has 1 saturated heterocycles. The van der Waals surface area contributed by atoms with Gasteiger partial charge in [-0.05, 0) is 57.5 Å². The van der Waals surface area contributed by atoms with Crippen LogP contribution in [0.4, 0.5) is 10.2 Å². The Morgan fingerprint density at radius 1 is 1.21 bits per heavy atom. The Hall–Kier alpha value is -2.39. The number of likely N-dealkylation sites (tertiary alicyclic amines) is 1. The third kappa shape index (κ3) is 5.46. The highest BCUT2D eigenvalue weighted by Crippen LogP contribution is 2.37. The van der Waals surface area contributed by atoms with Crippen molar-refractivity contribution in [1.29, 1.82) is 0 Å². The monoisotopic (exact) mass is 506 g/mol. The number of nitrogen functional groups attached to an aromatic ring is 1. The maximum Gasteiger partial charge on any atom is 0.166 e. The number of nitrogens with two attached hydrogens (primary N) is 2. The molecule has 34 heavy (non-hydrogen) atoms. The molecule has 0 unspecified atom stereocenters. The van der Waals surface area contributed by atoms with E-state index >= 15 is 0 Å². The molecule has 0 amide bonds. The van der Waals surface area contributed by atoms with E-state index in [-0.39, 0.29) is 10.8 Å². The number of anilines is 1. The highest BCUT2D eigenvalue weighted by Gasteiger charge is 2.22. The van der Waals surface area contributed by atoms with Gasteiger partial charge in [-0.1, -0.05) is 23.2 Å². The molecule has 1 fully saturated rings. The van der Waals surface area contributed by atoms with E-state index < -0.39 is 11.9 Å². The topological polar surface area (TPSA) is 95.2 Å². The van der Waals surface area contributed by atoms with Crippen molar-refractivity contribution in [3.8, 4) is 16.9 Å². The Morgan fingerprint density at radius 2 is 1.97 bits per heavy atom. The molecule has 3 heterocycles. The summed E-state index contributed by atoms with van der Waals surface area (Å²) in [6.45, 7) is 5.61. The third-order valence-electron chi connectivity index (χ3n) is 6.22.